The van der Waals surface area contributed by atoms with Gasteiger partial charge in [-0.15, -0.1) is 0 Å². The van der Waals surface area contributed by atoms with E-state index in [0.717, 1.165) is 5.56 Å². The van der Waals surface area contributed by atoms with Gasteiger partial charge >= 0.3 is 5.97 Å². The van der Waals surface area contributed by atoms with Crippen LogP contribution in [0.1, 0.15) is 28.7 Å². The zero-order chi connectivity index (χ0) is 19.0. The Morgan fingerprint density at radius 1 is 1.19 bits per heavy atom. The van der Waals surface area contributed by atoms with Crippen LogP contribution >= 0.6 is 23.2 Å². The van der Waals surface area contributed by atoms with Crippen molar-refractivity contribution in [1.82, 2.24) is 14.8 Å². The molecule has 8 heteroatoms. The Balaban J connectivity index is 2.41. The quantitative estimate of drug-likeness (QED) is 0.633. The normalized spacial score (nSPS) is 11.0. The number of hydrogen-bond acceptors (Lipinski definition) is 5. The van der Waals surface area contributed by atoms with E-state index >= 15 is 0 Å². The van der Waals surface area contributed by atoms with Crippen molar-refractivity contribution in [3.05, 3.63) is 61.5 Å². The van der Waals surface area contributed by atoms with Crippen LogP contribution in [-0.2, 0) is 4.74 Å². The SMILES string of the molecule is CCOC(=O)c1nn(-c2ccc(Cl)c(Cl)c2)c2cc(C)c(C)nc2c1=O. The fourth-order valence-corrected chi connectivity index (χ4v) is 2.77. The molecule has 0 fully saturated rings. The summed E-state index contributed by atoms with van der Waals surface area (Å²) in [7, 11) is 0. The van der Waals surface area contributed by atoms with Gasteiger partial charge in [0.15, 0.2) is 0 Å². The molecule has 6 nitrogen and oxygen atoms in total. The minimum atomic E-state index is -0.798. The third-order valence-electron chi connectivity index (χ3n) is 3.92. The van der Waals surface area contributed by atoms with Crippen LogP contribution in [0.25, 0.3) is 16.7 Å². The number of rotatable bonds is 3. The number of aromatic nitrogens is 3. The van der Waals surface area contributed by atoms with Gasteiger partial charge in [-0.1, -0.05) is 23.2 Å². The highest BCUT2D eigenvalue weighted by atomic mass is 35.5. The summed E-state index contributed by atoms with van der Waals surface area (Å²) in [4.78, 5) is 29.3. The molecule has 134 valence electrons. The van der Waals surface area contributed by atoms with E-state index in [4.69, 9.17) is 27.9 Å². The van der Waals surface area contributed by atoms with Gasteiger partial charge in [-0.3, -0.25) is 4.79 Å². The molecular formula is C18H15Cl2N3O3. The van der Waals surface area contributed by atoms with E-state index in [1.54, 1.807) is 38.1 Å². The number of benzene rings is 1. The molecular weight excluding hydrogens is 377 g/mol. The molecule has 0 radical (unpaired) electrons. The van der Waals surface area contributed by atoms with Crippen molar-refractivity contribution in [1.29, 1.82) is 0 Å². The maximum Gasteiger partial charge on any atom is 0.363 e. The third kappa shape index (κ3) is 3.18. The lowest BCUT2D eigenvalue weighted by Gasteiger charge is -2.13. The lowest BCUT2D eigenvalue weighted by Crippen LogP contribution is -2.25. The van der Waals surface area contributed by atoms with Gasteiger partial charge in [-0.05, 0) is 50.6 Å². The molecule has 0 spiro atoms. The van der Waals surface area contributed by atoms with Gasteiger partial charge in [-0.2, -0.15) is 5.10 Å². The number of halogens is 2. The molecule has 2 aromatic heterocycles. The highest BCUT2D eigenvalue weighted by Crippen LogP contribution is 2.26. The molecule has 0 saturated heterocycles. The van der Waals surface area contributed by atoms with Crippen LogP contribution < -0.4 is 5.43 Å². The Morgan fingerprint density at radius 2 is 1.92 bits per heavy atom. The minimum absolute atomic E-state index is 0.130. The molecule has 0 amide bonds. The lowest BCUT2D eigenvalue weighted by molar-refractivity contribution is 0.0516. The summed E-state index contributed by atoms with van der Waals surface area (Å²) in [6.45, 7) is 5.46. The first-order valence-corrected chi connectivity index (χ1v) is 8.63. The van der Waals surface area contributed by atoms with Crippen LogP contribution in [0.5, 0.6) is 0 Å². The maximum atomic E-state index is 12.7. The molecule has 0 aliphatic carbocycles. The van der Waals surface area contributed by atoms with E-state index in [1.165, 1.54) is 4.68 Å². The fourth-order valence-electron chi connectivity index (χ4n) is 2.48. The van der Waals surface area contributed by atoms with Crippen LogP contribution in [0.3, 0.4) is 0 Å². The van der Waals surface area contributed by atoms with Gasteiger partial charge < -0.3 is 4.74 Å². The van der Waals surface area contributed by atoms with Crippen LogP contribution in [-0.4, -0.2) is 27.3 Å². The number of carbonyl (C=O) groups is 1. The van der Waals surface area contributed by atoms with Crippen LogP contribution in [0.15, 0.2) is 29.1 Å². The number of esters is 1. The Hall–Kier alpha value is -2.44. The largest absolute Gasteiger partial charge is 0.461 e. The smallest absolute Gasteiger partial charge is 0.363 e. The summed E-state index contributed by atoms with van der Waals surface area (Å²) in [5, 5.41) is 4.93. The van der Waals surface area contributed by atoms with Crippen LogP contribution in [0.2, 0.25) is 10.0 Å². The van der Waals surface area contributed by atoms with Crippen LogP contribution in [0, 0.1) is 13.8 Å². The van der Waals surface area contributed by atoms with Crippen molar-refractivity contribution in [2.75, 3.05) is 6.61 Å². The molecule has 1 aromatic carbocycles. The number of aryl methyl sites for hydroxylation is 2. The molecule has 0 N–H and O–H groups in total. The van der Waals surface area contributed by atoms with E-state index in [1.807, 2.05) is 6.92 Å². The second-order valence-electron chi connectivity index (χ2n) is 5.67. The monoisotopic (exact) mass is 391 g/mol. The molecule has 0 aliphatic rings. The zero-order valence-electron chi connectivity index (χ0n) is 14.3. The number of hydrogen-bond donors (Lipinski definition) is 0. The average Bonchev–Trinajstić information content (AvgIpc) is 2.60. The van der Waals surface area contributed by atoms with Crippen molar-refractivity contribution in [3.63, 3.8) is 0 Å². The second-order valence-corrected chi connectivity index (χ2v) is 6.48. The molecule has 0 saturated carbocycles. The molecule has 3 rings (SSSR count). The van der Waals surface area contributed by atoms with E-state index in [2.05, 4.69) is 10.1 Å². The van der Waals surface area contributed by atoms with Gasteiger partial charge in [-0.25, -0.2) is 14.5 Å². The van der Waals surface area contributed by atoms with Crippen molar-refractivity contribution in [2.45, 2.75) is 20.8 Å². The number of ether oxygens (including phenoxy) is 1. The standard InChI is InChI=1S/C18H15Cl2N3O3/c1-4-26-18(25)16-17(24)15-14(7-9(2)10(3)21-15)23(22-16)11-5-6-12(19)13(20)8-11/h5-8H,4H2,1-3H3. The zero-order valence-corrected chi connectivity index (χ0v) is 15.9. The molecule has 0 atom stereocenters. The summed E-state index contributed by atoms with van der Waals surface area (Å²) >= 11 is 12.1. The van der Waals surface area contributed by atoms with Gasteiger partial charge in [0.1, 0.15) is 5.52 Å². The first-order chi connectivity index (χ1) is 12.3. The molecule has 2 heterocycles. The Kier molecular flexibility index (Phi) is 4.98. The van der Waals surface area contributed by atoms with Crippen molar-refractivity contribution < 1.29 is 9.53 Å². The van der Waals surface area contributed by atoms with E-state index in [-0.39, 0.29) is 17.8 Å². The average molecular weight is 392 g/mol. The van der Waals surface area contributed by atoms with Crippen LogP contribution in [0.4, 0.5) is 0 Å². The number of pyridine rings is 1. The van der Waals surface area contributed by atoms with Gasteiger partial charge in [0.05, 0.1) is 27.9 Å². The molecule has 0 unspecified atom stereocenters. The number of fused-ring (bicyclic) bond motifs is 1. The van der Waals surface area contributed by atoms with Gasteiger partial charge in [0, 0.05) is 5.69 Å². The molecule has 0 bridgehead atoms. The molecule has 3 aromatic rings. The van der Waals surface area contributed by atoms with Crippen molar-refractivity contribution in [3.8, 4) is 5.69 Å². The minimum Gasteiger partial charge on any atom is -0.461 e. The lowest BCUT2D eigenvalue weighted by atomic mass is 10.2. The summed E-state index contributed by atoms with van der Waals surface area (Å²) in [5.41, 5.74) is 1.81. The summed E-state index contributed by atoms with van der Waals surface area (Å²) in [6, 6.07) is 6.70. The topological polar surface area (TPSA) is 74.1 Å². The van der Waals surface area contributed by atoms with Crippen molar-refractivity contribution >= 4 is 40.2 Å². The summed E-state index contributed by atoms with van der Waals surface area (Å²) < 4.78 is 6.40. The van der Waals surface area contributed by atoms with Gasteiger partial charge in [0.2, 0.25) is 11.1 Å². The predicted molar refractivity (Wildman–Crippen MR) is 101 cm³/mol. The Labute approximate surface area is 159 Å². The first-order valence-electron chi connectivity index (χ1n) is 7.87. The summed E-state index contributed by atoms with van der Waals surface area (Å²) in [5.74, 6) is -0.798. The highest BCUT2D eigenvalue weighted by Gasteiger charge is 2.21. The van der Waals surface area contributed by atoms with Gasteiger partial charge in [0.25, 0.3) is 0 Å². The first kappa shape index (κ1) is 18.4. The van der Waals surface area contributed by atoms with E-state index < -0.39 is 11.4 Å². The number of nitrogens with zero attached hydrogens (tertiary/aromatic N) is 3. The van der Waals surface area contributed by atoms with Crippen molar-refractivity contribution in [2.24, 2.45) is 0 Å². The highest BCUT2D eigenvalue weighted by molar-refractivity contribution is 6.42. The fraction of sp³-hybridized carbons (Fsp3) is 0.222. The summed E-state index contributed by atoms with van der Waals surface area (Å²) in [6.07, 6.45) is 0. The molecule has 0 aliphatic heterocycles. The molecule has 26 heavy (non-hydrogen) atoms. The Bertz CT molecular complexity index is 1090. The maximum absolute atomic E-state index is 12.7. The second kappa shape index (κ2) is 7.05. The predicted octanol–water partition coefficient (Wildman–Crippen LogP) is 3.88. The number of carbonyl (C=O) groups excluding carboxylic acids is 1. The van der Waals surface area contributed by atoms with E-state index in [0.29, 0.717) is 26.9 Å². The third-order valence-corrected chi connectivity index (χ3v) is 4.66. The van der Waals surface area contributed by atoms with E-state index in [9.17, 15) is 9.59 Å². The Morgan fingerprint density at radius 3 is 2.58 bits per heavy atom.